The van der Waals surface area contributed by atoms with Gasteiger partial charge in [0.05, 0.1) is 38.3 Å². The highest BCUT2D eigenvalue weighted by molar-refractivity contribution is 6.20. The van der Waals surface area contributed by atoms with Crippen LogP contribution in [-0.4, -0.2) is 48.0 Å². The quantitative estimate of drug-likeness (QED) is 0.497. The first-order valence-electron chi connectivity index (χ1n) is 10.3. The molecule has 0 radical (unpaired) electrons. The summed E-state index contributed by atoms with van der Waals surface area (Å²) in [4.78, 5) is 43.2. The largest absolute Gasteiger partial charge is 0.493 e. The summed E-state index contributed by atoms with van der Waals surface area (Å²) in [5.41, 5.74) is 0.863. The summed E-state index contributed by atoms with van der Waals surface area (Å²) in [6.45, 7) is 0. The molecular formula is C23H24N2O6. The van der Waals surface area contributed by atoms with Gasteiger partial charge in [-0.3, -0.25) is 24.3 Å². The standard InChI is InChI=1S/C23H24N2O6/c1-29-19-12-14(9-10-18(19)31-15-6-3-4-7-15)17(13-20(26)30-2)25-22(27)16-8-5-11-24-21(16)23(25)28/h5,8-12,15,17H,3-4,6-7,13H2,1-2H3. The first-order valence-corrected chi connectivity index (χ1v) is 10.3. The van der Waals surface area contributed by atoms with E-state index in [0.29, 0.717) is 17.1 Å². The van der Waals surface area contributed by atoms with Crippen molar-refractivity contribution < 1.29 is 28.6 Å². The Kier molecular flexibility index (Phi) is 5.88. The van der Waals surface area contributed by atoms with Crippen LogP contribution in [0.1, 0.15) is 64.6 Å². The van der Waals surface area contributed by atoms with Crippen molar-refractivity contribution in [2.75, 3.05) is 14.2 Å². The van der Waals surface area contributed by atoms with Crippen molar-refractivity contribution in [2.45, 2.75) is 44.2 Å². The molecular weight excluding hydrogens is 400 g/mol. The fourth-order valence-electron chi connectivity index (χ4n) is 4.14. The number of hydrogen-bond acceptors (Lipinski definition) is 7. The lowest BCUT2D eigenvalue weighted by molar-refractivity contribution is -0.141. The van der Waals surface area contributed by atoms with Gasteiger partial charge in [-0.15, -0.1) is 0 Å². The van der Waals surface area contributed by atoms with Crippen LogP contribution in [0.15, 0.2) is 36.5 Å². The number of ether oxygens (including phenoxy) is 3. The maximum Gasteiger partial charge on any atom is 0.307 e. The highest BCUT2D eigenvalue weighted by Crippen LogP contribution is 2.38. The molecule has 0 saturated heterocycles. The maximum atomic E-state index is 13.0. The van der Waals surface area contributed by atoms with Gasteiger partial charge in [0.15, 0.2) is 11.5 Å². The SMILES string of the molecule is COC(=O)CC(c1ccc(OC2CCCC2)c(OC)c1)N1C(=O)c2cccnc2C1=O. The number of hydrogen-bond donors (Lipinski definition) is 0. The van der Waals surface area contributed by atoms with Crippen LogP contribution in [0.5, 0.6) is 11.5 Å². The number of pyridine rings is 1. The molecule has 2 amide bonds. The number of carbonyl (C=O) groups is 3. The molecule has 2 heterocycles. The molecule has 8 nitrogen and oxygen atoms in total. The molecule has 1 aliphatic carbocycles. The highest BCUT2D eigenvalue weighted by atomic mass is 16.5. The number of rotatable bonds is 7. The second-order valence-electron chi connectivity index (χ2n) is 7.61. The van der Waals surface area contributed by atoms with Crippen LogP contribution < -0.4 is 9.47 Å². The van der Waals surface area contributed by atoms with E-state index in [0.717, 1.165) is 30.6 Å². The maximum absolute atomic E-state index is 13.0. The summed E-state index contributed by atoms with van der Waals surface area (Å²) >= 11 is 0. The number of carbonyl (C=O) groups excluding carboxylic acids is 3. The number of aromatic nitrogens is 1. The minimum atomic E-state index is -0.865. The summed E-state index contributed by atoms with van der Waals surface area (Å²) in [7, 11) is 2.80. The molecule has 0 spiro atoms. The summed E-state index contributed by atoms with van der Waals surface area (Å²) < 4.78 is 16.4. The molecule has 2 aliphatic rings. The predicted octanol–water partition coefficient (Wildman–Crippen LogP) is 3.31. The predicted molar refractivity (Wildman–Crippen MR) is 110 cm³/mol. The summed E-state index contributed by atoms with van der Waals surface area (Å²) in [5, 5.41) is 0. The number of amides is 2. The molecule has 0 bridgehead atoms. The Hall–Kier alpha value is -3.42. The van der Waals surface area contributed by atoms with Gasteiger partial charge in [-0.2, -0.15) is 0 Å². The van der Waals surface area contributed by atoms with Crippen LogP contribution in [-0.2, 0) is 9.53 Å². The lowest BCUT2D eigenvalue weighted by Gasteiger charge is -2.26. The van der Waals surface area contributed by atoms with Crippen LogP contribution in [0, 0.1) is 0 Å². The van der Waals surface area contributed by atoms with Crippen LogP contribution in [0.2, 0.25) is 0 Å². The van der Waals surface area contributed by atoms with E-state index < -0.39 is 23.8 Å². The average molecular weight is 424 g/mol. The third-order valence-electron chi connectivity index (χ3n) is 5.75. The fraction of sp³-hybridized carbons (Fsp3) is 0.391. The van der Waals surface area contributed by atoms with Crippen molar-refractivity contribution in [3.05, 3.63) is 53.3 Å². The van der Waals surface area contributed by atoms with Crippen LogP contribution in [0.3, 0.4) is 0 Å². The number of esters is 1. The molecule has 1 atom stereocenters. The summed E-state index contributed by atoms with van der Waals surface area (Å²) in [5.74, 6) is -0.500. The first-order chi connectivity index (χ1) is 15.0. The van der Waals surface area contributed by atoms with Gasteiger partial charge in [0.2, 0.25) is 0 Å². The van der Waals surface area contributed by atoms with E-state index in [1.165, 1.54) is 20.4 Å². The minimum Gasteiger partial charge on any atom is -0.493 e. The van der Waals surface area contributed by atoms with Crippen LogP contribution >= 0.6 is 0 Å². The topological polar surface area (TPSA) is 95.0 Å². The zero-order valence-electron chi connectivity index (χ0n) is 17.5. The molecule has 1 aromatic carbocycles. The Balaban J connectivity index is 1.69. The number of imide groups is 1. The van der Waals surface area contributed by atoms with Crippen molar-refractivity contribution in [3.8, 4) is 11.5 Å². The van der Waals surface area contributed by atoms with Crippen molar-refractivity contribution in [1.29, 1.82) is 0 Å². The van der Waals surface area contributed by atoms with Crippen LogP contribution in [0.25, 0.3) is 0 Å². The van der Waals surface area contributed by atoms with Gasteiger partial charge in [0.25, 0.3) is 11.8 Å². The molecule has 4 rings (SSSR count). The van der Waals surface area contributed by atoms with Crippen molar-refractivity contribution >= 4 is 17.8 Å². The van der Waals surface area contributed by atoms with E-state index in [1.54, 1.807) is 30.3 Å². The second-order valence-corrected chi connectivity index (χ2v) is 7.61. The number of nitrogens with zero attached hydrogens (tertiary/aromatic N) is 2. The molecule has 1 aliphatic heterocycles. The zero-order valence-corrected chi connectivity index (χ0v) is 17.5. The minimum absolute atomic E-state index is 0.0792. The van der Waals surface area contributed by atoms with E-state index in [4.69, 9.17) is 14.2 Å². The molecule has 31 heavy (non-hydrogen) atoms. The van der Waals surface area contributed by atoms with Gasteiger partial charge in [0.1, 0.15) is 5.69 Å². The van der Waals surface area contributed by atoms with Gasteiger partial charge in [-0.25, -0.2) is 0 Å². The lowest BCUT2D eigenvalue weighted by atomic mass is 10.0. The number of fused-ring (bicyclic) bond motifs is 1. The van der Waals surface area contributed by atoms with E-state index in [2.05, 4.69) is 4.98 Å². The van der Waals surface area contributed by atoms with Crippen molar-refractivity contribution in [2.24, 2.45) is 0 Å². The second kappa shape index (κ2) is 8.75. The fourth-order valence-corrected chi connectivity index (χ4v) is 4.14. The lowest BCUT2D eigenvalue weighted by Crippen LogP contribution is -2.35. The Labute approximate surface area is 180 Å². The molecule has 0 N–H and O–H groups in total. The summed E-state index contributed by atoms with van der Waals surface area (Å²) in [6.07, 6.45) is 5.69. The molecule has 162 valence electrons. The Morgan fingerprint density at radius 3 is 2.58 bits per heavy atom. The van der Waals surface area contributed by atoms with Gasteiger partial charge in [0, 0.05) is 6.20 Å². The van der Waals surface area contributed by atoms with Gasteiger partial charge >= 0.3 is 5.97 Å². The number of benzene rings is 1. The molecule has 2 aromatic rings. The van der Waals surface area contributed by atoms with Gasteiger partial charge in [-0.05, 0) is 55.5 Å². The average Bonchev–Trinajstić information content (AvgIpc) is 3.39. The van der Waals surface area contributed by atoms with E-state index in [9.17, 15) is 14.4 Å². The van der Waals surface area contributed by atoms with Crippen molar-refractivity contribution in [1.82, 2.24) is 9.88 Å². The normalized spacial score (nSPS) is 16.9. The first kappa shape index (κ1) is 20.8. The Bertz CT molecular complexity index is 980. The van der Waals surface area contributed by atoms with E-state index >= 15 is 0 Å². The zero-order chi connectivity index (χ0) is 22.0. The molecule has 1 fully saturated rings. The molecule has 8 heteroatoms. The van der Waals surface area contributed by atoms with E-state index in [-0.39, 0.29) is 23.8 Å². The Morgan fingerprint density at radius 2 is 1.90 bits per heavy atom. The monoisotopic (exact) mass is 424 g/mol. The molecule has 1 aromatic heterocycles. The van der Waals surface area contributed by atoms with Gasteiger partial charge in [-0.1, -0.05) is 6.07 Å². The number of methoxy groups -OCH3 is 2. The third kappa shape index (κ3) is 3.97. The smallest absolute Gasteiger partial charge is 0.307 e. The highest BCUT2D eigenvalue weighted by Gasteiger charge is 2.42. The van der Waals surface area contributed by atoms with Gasteiger partial charge < -0.3 is 14.2 Å². The molecule has 1 saturated carbocycles. The van der Waals surface area contributed by atoms with Crippen molar-refractivity contribution in [3.63, 3.8) is 0 Å². The third-order valence-corrected chi connectivity index (χ3v) is 5.75. The van der Waals surface area contributed by atoms with E-state index in [1.807, 2.05) is 0 Å². The Morgan fingerprint density at radius 1 is 1.13 bits per heavy atom. The molecule has 1 unspecified atom stereocenters. The van der Waals surface area contributed by atoms with Crippen LogP contribution in [0.4, 0.5) is 0 Å². The summed E-state index contributed by atoms with van der Waals surface area (Å²) in [6, 6.07) is 7.49.